The van der Waals surface area contributed by atoms with Gasteiger partial charge in [-0.25, -0.2) is 14.6 Å². The summed E-state index contributed by atoms with van der Waals surface area (Å²) >= 11 is 0. The van der Waals surface area contributed by atoms with E-state index in [1.807, 2.05) is 49.4 Å². The van der Waals surface area contributed by atoms with Crippen molar-refractivity contribution in [3.8, 4) is 22.6 Å². The zero-order valence-electron chi connectivity index (χ0n) is 21.3. The summed E-state index contributed by atoms with van der Waals surface area (Å²) in [5.74, 6) is 0.259. The molecule has 0 amide bonds. The predicted molar refractivity (Wildman–Crippen MR) is 143 cm³/mol. The molecule has 200 valence electrons. The minimum absolute atomic E-state index is 0.109. The zero-order valence-corrected chi connectivity index (χ0v) is 21.3. The van der Waals surface area contributed by atoms with Crippen molar-refractivity contribution in [1.82, 2.24) is 9.72 Å². The van der Waals surface area contributed by atoms with E-state index in [0.717, 1.165) is 43.8 Å². The third-order valence-corrected chi connectivity index (χ3v) is 6.12. The molecule has 1 heterocycles. The van der Waals surface area contributed by atoms with Crippen molar-refractivity contribution in [2.45, 2.75) is 26.9 Å². The van der Waals surface area contributed by atoms with Crippen LogP contribution in [0.4, 0.5) is 5.69 Å². The number of H-pyrrole nitrogens is 1. The highest BCUT2D eigenvalue weighted by Gasteiger charge is 2.15. The SMILES string of the molecule is Cc1cc(OCCO)c(OCCO)cc1-c1cccc(CNc2ccc(Cn3oc(=O)[nH]c3=O)cc2)c1C. The second kappa shape index (κ2) is 12.3. The van der Waals surface area contributed by atoms with Gasteiger partial charge in [0.2, 0.25) is 0 Å². The van der Waals surface area contributed by atoms with Gasteiger partial charge in [-0.05, 0) is 71.5 Å². The van der Waals surface area contributed by atoms with Crippen molar-refractivity contribution in [3.63, 3.8) is 0 Å². The van der Waals surface area contributed by atoms with Gasteiger partial charge in [-0.15, -0.1) is 4.74 Å². The van der Waals surface area contributed by atoms with Crippen molar-refractivity contribution in [2.24, 2.45) is 0 Å². The third-order valence-electron chi connectivity index (χ3n) is 6.12. The van der Waals surface area contributed by atoms with Gasteiger partial charge < -0.3 is 29.5 Å². The first-order valence-electron chi connectivity index (χ1n) is 12.2. The lowest BCUT2D eigenvalue weighted by Gasteiger charge is -2.18. The van der Waals surface area contributed by atoms with E-state index >= 15 is 0 Å². The number of nitrogens with zero attached hydrogens (tertiary/aromatic N) is 1. The summed E-state index contributed by atoms with van der Waals surface area (Å²) in [6, 6.07) is 17.5. The van der Waals surface area contributed by atoms with Crippen molar-refractivity contribution < 1.29 is 24.2 Å². The molecule has 4 rings (SSSR count). The Balaban J connectivity index is 1.51. The number of aromatic amines is 1. The molecule has 10 heteroatoms. The number of aliphatic hydroxyl groups is 2. The number of nitrogens with one attached hydrogen (secondary N) is 2. The zero-order chi connectivity index (χ0) is 27.1. The Morgan fingerprint density at radius 1 is 0.921 bits per heavy atom. The molecule has 0 fully saturated rings. The summed E-state index contributed by atoms with van der Waals surface area (Å²) in [6.45, 7) is 4.87. The fraction of sp³-hybridized carbons (Fsp3) is 0.286. The minimum atomic E-state index is -0.777. The molecule has 4 aromatic rings. The van der Waals surface area contributed by atoms with Gasteiger partial charge >= 0.3 is 11.4 Å². The molecule has 0 saturated heterocycles. The number of hydrogen-bond donors (Lipinski definition) is 4. The number of aryl methyl sites for hydroxylation is 1. The van der Waals surface area contributed by atoms with E-state index < -0.39 is 11.4 Å². The number of benzene rings is 3. The molecule has 10 nitrogen and oxygen atoms in total. The van der Waals surface area contributed by atoms with E-state index in [1.165, 1.54) is 0 Å². The molecule has 0 spiro atoms. The molecule has 0 unspecified atom stereocenters. The Hall–Kier alpha value is -4.28. The monoisotopic (exact) mass is 521 g/mol. The van der Waals surface area contributed by atoms with Crippen LogP contribution in [0.5, 0.6) is 11.5 Å². The highest BCUT2D eigenvalue weighted by molar-refractivity contribution is 5.74. The van der Waals surface area contributed by atoms with Crippen LogP contribution >= 0.6 is 0 Å². The second-order valence-electron chi connectivity index (χ2n) is 8.74. The minimum Gasteiger partial charge on any atom is -0.487 e. The van der Waals surface area contributed by atoms with Gasteiger partial charge in [0.15, 0.2) is 11.5 Å². The van der Waals surface area contributed by atoms with Gasteiger partial charge in [-0.2, -0.15) is 0 Å². The van der Waals surface area contributed by atoms with E-state index in [2.05, 4.69) is 29.4 Å². The summed E-state index contributed by atoms with van der Waals surface area (Å²) in [5, 5.41) is 21.8. The van der Waals surface area contributed by atoms with Crippen LogP contribution in [0.2, 0.25) is 0 Å². The van der Waals surface area contributed by atoms with Crippen molar-refractivity contribution in [3.05, 3.63) is 97.9 Å². The summed E-state index contributed by atoms with van der Waals surface area (Å²) in [4.78, 5) is 24.9. The molecule has 0 saturated carbocycles. The fourth-order valence-corrected chi connectivity index (χ4v) is 4.16. The molecule has 0 atom stereocenters. The average molecular weight is 522 g/mol. The standard InChI is InChI=1S/C28H31N3O7/c1-18-14-25(36-12-10-32)26(37-13-11-33)15-24(18)23-5-3-4-21(19(23)2)16-29-22-8-6-20(7-9-22)17-31-27(34)30-28(35)38-31/h3-9,14-15,29,32-33H,10-13,16-17H2,1-2H3,(H,30,34,35). The highest BCUT2D eigenvalue weighted by Crippen LogP contribution is 2.37. The largest absolute Gasteiger partial charge is 0.487 e. The van der Waals surface area contributed by atoms with Crippen LogP contribution in [0.3, 0.4) is 0 Å². The van der Waals surface area contributed by atoms with Crippen molar-refractivity contribution in [2.75, 3.05) is 31.7 Å². The van der Waals surface area contributed by atoms with Gasteiger partial charge in [0.25, 0.3) is 0 Å². The number of aliphatic hydroxyl groups excluding tert-OH is 2. The lowest BCUT2D eigenvalue weighted by Crippen LogP contribution is -2.17. The molecule has 0 aliphatic heterocycles. The van der Waals surface area contributed by atoms with Crippen LogP contribution < -0.4 is 26.2 Å². The second-order valence-corrected chi connectivity index (χ2v) is 8.74. The van der Waals surface area contributed by atoms with Crippen LogP contribution in [0, 0.1) is 13.8 Å². The number of rotatable bonds is 12. The van der Waals surface area contributed by atoms with Gasteiger partial charge in [0, 0.05) is 12.2 Å². The van der Waals surface area contributed by atoms with E-state index in [0.29, 0.717) is 18.0 Å². The van der Waals surface area contributed by atoms with Crippen LogP contribution in [0.15, 0.2) is 68.7 Å². The Bertz CT molecular complexity index is 1490. The van der Waals surface area contributed by atoms with E-state index in [1.54, 1.807) is 0 Å². The van der Waals surface area contributed by atoms with Gasteiger partial charge in [-0.3, -0.25) is 0 Å². The first-order chi connectivity index (χ1) is 18.4. The maximum absolute atomic E-state index is 11.6. The smallest absolute Gasteiger partial charge is 0.440 e. The molecule has 4 N–H and O–H groups in total. The Morgan fingerprint density at radius 3 is 2.24 bits per heavy atom. The summed E-state index contributed by atoms with van der Waals surface area (Å²) < 4.78 is 17.2. The molecule has 0 radical (unpaired) electrons. The molecule has 1 aromatic heterocycles. The van der Waals surface area contributed by atoms with Crippen LogP contribution in [-0.2, 0) is 13.1 Å². The number of hydrogen-bond acceptors (Lipinski definition) is 8. The normalized spacial score (nSPS) is 10.9. The summed E-state index contributed by atoms with van der Waals surface area (Å²) in [5.41, 5.74) is 6.41. The number of anilines is 1. The molecular formula is C28H31N3O7. The van der Waals surface area contributed by atoms with Gasteiger partial charge in [-0.1, -0.05) is 30.3 Å². The number of ether oxygens (including phenoxy) is 2. The molecule has 0 aliphatic carbocycles. The molecule has 38 heavy (non-hydrogen) atoms. The number of aromatic nitrogens is 2. The quantitative estimate of drug-likeness (QED) is 0.223. The average Bonchev–Trinajstić information content (AvgIpc) is 3.23. The molecular weight excluding hydrogens is 490 g/mol. The van der Waals surface area contributed by atoms with Crippen molar-refractivity contribution >= 4 is 5.69 Å². The first-order valence-corrected chi connectivity index (χ1v) is 12.2. The fourth-order valence-electron chi connectivity index (χ4n) is 4.16. The maximum Gasteiger partial charge on any atom is 0.440 e. The Kier molecular flexibility index (Phi) is 8.67. The van der Waals surface area contributed by atoms with Crippen LogP contribution in [0.25, 0.3) is 11.1 Å². The predicted octanol–water partition coefficient (Wildman–Crippen LogP) is 2.82. The van der Waals surface area contributed by atoms with Gasteiger partial charge in [0.05, 0.1) is 19.8 Å². The van der Waals surface area contributed by atoms with Crippen molar-refractivity contribution in [1.29, 1.82) is 0 Å². The van der Waals surface area contributed by atoms with Crippen LogP contribution in [-0.4, -0.2) is 46.4 Å². The third kappa shape index (κ3) is 6.34. The highest BCUT2D eigenvalue weighted by atomic mass is 16.5. The van der Waals surface area contributed by atoms with E-state index in [-0.39, 0.29) is 33.0 Å². The first kappa shape index (κ1) is 26.8. The topological polar surface area (TPSA) is 139 Å². The Labute approximate surface area is 219 Å². The van der Waals surface area contributed by atoms with E-state index in [9.17, 15) is 14.7 Å². The lowest BCUT2D eigenvalue weighted by atomic mass is 9.93. The molecule has 3 aromatic carbocycles. The molecule has 0 aliphatic rings. The van der Waals surface area contributed by atoms with E-state index in [4.69, 9.17) is 19.1 Å². The maximum atomic E-state index is 11.6. The molecule has 0 bridgehead atoms. The Morgan fingerprint density at radius 2 is 1.61 bits per heavy atom. The van der Waals surface area contributed by atoms with Crippen LogP contribution in [0.1, 0.15) is 22.3 Å². The lowest BCUT2D eigenvalue weighted by molar-refractivity contribution is 0.178. The van der Waals surface area contributed by atoms with Gasteiger partial charge in [0.1, 0.15) is 13.2 Å². The summed E-state index contributed by atoms with van der Waals surface area (Å²) in [7, 11) is 0. The summed E-state index contributed by atoms with van der Waals surface area (Å²) in [6.07, 6.45) is 0.